The molecule has 2 amide bonds. The van der Waals surface area contributed by atoms with Crippen LogP contribution in [0.4, 0.5) is 10.5 Å². The summed E-state index contributed by atoms with van der Waals surface area (Å²) in [7, 11) is 0. The van der Waals surface area contributed by atoms with Gasteiger partial charge in [0.25, 0.3) is 0 Å². The van der Waals surface area contributed by atoms with Crippen molar-refractivity contribution in [3.8, 4) is 0 Å². The van der Waals surface area contributed by atoms with Crippen LogP contribution in [0.15, 0.2) is 24.3 Å². The van der Waals surface area contributed by atoms with Crippen molar-refractivity contribution >= 4 is 11.7 Å². The highest BCUT2D eigenvalue weighted by atomic mass is 16.5. The number of carbonyl (C=O) groups is 1. The Hall–Kier alpha value is -1.59. The third-order valence-electron chi connectivity index (χ3n) is 3.69. The number of amides is 2. The number of hydrogen-bond donors (Lipinski definition) is 3. The molecule has 0 aromatic heterocycles. The van der Waals surface area contributed by atoms with Crippen LogP contribution in [-0.2, 0) is 4.74 Å². The van der Waals surface area contributed by atoms with E-state index in [-0.39, 0.29) is 12.1 Å². The number of benzene rings is 1. The molecule has 1 aliphatic heterocycles. The molecule has 21 heavy (non-hydrogen) atoms. The molecule has 2 unspecified atom stereocenters. The van der Waals surface area contributed by atoms with Crippen molar-refractivity contribution in [2.45, 2.75) is 38.8 Å². The highest BCUT2D eigenvalue weighted by molar-refractivity contribution is 5.89. The quantitative estimate of drug-likeness (QED) is 0.755. The van der Waals surface area contributed by atoms with Gasteiger partial charge in [0.2, 0.25) is 0 Å². The zero-order valence-electron chi connectivity index (χ0n) is 12.8. The predicted molar refractivity (Wildman–Crippen MR) is 84.5 cm³/mol. The fraction of sp³-hybridized carbons (Fsp3) is 0.562. The monoisotopic (exact) mass is 291 g/mol. The van der Waals surface area contributed by atoms with Crippen molar-refractivity contribution in [1.82, 2.24) is 10.6 Å². The van der Waals surface area contributed by atoms with E-state index in [2.05, 4.69) is 29.8 Å². The molecule has 0 saturated carbocycles. The minimum atomic E-state index is -0.182. The first-order valence-corrected chi connectivity index (χ1v) is 7.69. The summed E-state index contributed by atoms with van der Waals surface area (Å²) < 4.78 is 5.47. The molecule has 0 aliphatic carbocycles. The lowest BCUT2D eigenvalue weighted by Crippen LogP contribution is -2.35. The molecule has 0 bridgehead atoms. The first-order chi connectivity index (χ1) is 10.2. The zero-order valence-corrected chi connectivity index (χ0v) is 12.8. The van der Waals surface area contributed by atoms with E-state index in [0.717, 1.165) is 31.7 Å². The van der Waals surface area contributed by atoms with E-state index in [0.29, 0.717) is 12.6 Å². The van der Waals surface area contributed by atoms with Crippen molar-refractivity contribution in [3.05, 3.63) is 29.8 Å². The lowest BCUT2D eigenvalue weighted by atomic mass is 10.1. The molecule has 1 aromatic rings. The fourth-order valence-electron chi connectivity index (χ4n) is 2.47. The van der Waals surface area contributed by atoms with Crippen molar-refractivity contribution in [3.63, 3.8) is 0 Å². The highest BCUT2D eigenvalue weighted by Gasteiger charge is 2.16. The molecule has 5 nitrogen and oxygen atoms in total. The third kappa shape index (κ3) is 5.02. The Morgan fingerprint density at radius 1 is 1.38 bits per heavy atom. The summed E-state index contributed by atoms with van der Waals surface area (Å²) in [5.74, 6) is 0. The van der Waals surface area contributed by atoms with Crippen LogP contribution >= 0.6 is 0 Å². The largest absolute Gasteiger partial charge is 0.376 e. The molecule has 1 aromatic carbocycles. The molecule has 2 atom stereocenters. The van der Waals surface area contributed by atoms with Gasteiger partial charge in [0, 0.05) is 24.9 Å². The van der Waals surface area contributed by atoms with E-state index >= 15 is 0 Å². The van der Waals surface area contributed by atoms with Crippen LogP contribution in [0.2, 0.25) is 0 Å². The first kappa shape index (κ1) is 15.8. The van der Waals surface area contributed by atoms with Gasteiger partial charge in [0.15, 0.2) is 0 Å². The summed E-state index contributed by atoms with van der Waals surface area (Å²) in [6.45, 7) is 6.53. The van der Waals surface area contributed by atoms with Gasteiger partial charge in [-0.25, -0.2) is 4.79 Å². The van der Waals surface area contributed by atoms with Crippen LogP contribution in [0.1, 0.15) is 38.3 Å². The van der Waals surface area contributed by atoms with Gasteiger partial charge in [0.1, 0.15) is 0 Å². The van der Waals surface area contributed by atoms with Gasteiger partial charge < -0.3 is 20.7 Å². The fourth-order valence-corrected chi connectivity index (χ4v) is 2.47. The van der Waals surface area contributed by atoms with Crippen LogP contribution in [0.3, 0.4) is 0 Å². The molecule has 5 heteroatoms. The number of nitrogens with one attached hydrogen (secondary N) is 3. The maximum Gasteiger partial charge on any atom is 0.319 e. The topological polar surface area (TPSA) is 62.4 Å². The van der Waals surface area contributed by atoms with Gasteiger partial charge in [-0.2, -0.15) is 0 Å². The second kappa shape index (κ2) is 8.00. The normalized spacial score (nSPS) is 19.2. The van der Waals surface area contributed by atoms with Gasteiger partial charge in [-0.05, 0) is 44.0 Å². The van der Waals surface area contributed by atoms with Gasteiger partial charge in [0.05, 0.1) is 6.10 Å². The van der Waals surface area contributed by atoms with E-state index in [1.165, 1.54) is 5.56 Å². The smallest absolute Gasteiger partial charge is 0.319 e. The number of anilines is 1. The maximum absolute atomic E-state index is 11.8. The predicted octanol–water partition coefficient (Wildman–Crippen LogP) is 2.66. The summed E-state index contributed by atoms with van der Waals surface area (Å²) in [5, 5.41) is 9.04. The Kier molecular flexibility index (Phi) is 6.02. The summed E-state index contributed by atoms with van der Waals surface area (Å²) in [6.07, 6.45) is 2.27. The number of urea groups is 1. The Balaban J connectivity index is 1.77. The van der Waals surface area contributed by atoms with Crippen molar-refractivity contribution in [2.75, 3.05) is 25.0 Å². The third-order valence-corrected chi connectivity index (χ3v) is 3.69. The zero-order chi connectivity index (χ0) is 15.1. The first-order valence-electron chi connectivity index (χ1n) is 7.69. The van der Waals surface area contributed by atoms with Crippen LogP contribution in [0.25, 0.3) is 0 Å². The highest BCUT2D eigenvalue weighted by Crippen LogP contribution is 2.16. The number of ether oxygens (including phenoxy) is 1. The number of rotatable bonds is 6. The summed E-state index contributed by atoms with van der Waals surface area (Å²) in [6, 6.07) is 8.05. The molecule has 1 aliphatic rings. The van der Waals surface area contributed by atoms with Gasteiger partial charge in [-0.1, -0.05) is 19.1 Å². The second-order valence-electron chi connectivity index (χ2n) is 5.37. The standard InChI is InChI=1S/C16H25N3O2/c1-3-17-12(2)13-6-8-14(9-7-13)19-16(20)18-11-15-5-4-10-21-15/h6-9,12,15,17H,3-5,10-11H2,1-2H3,(H2,18,19,20). The Morgan fingerprint density at radius 3 is 2.76 bits per heavy atom. The summed E-state index contributed by atoms with van der Waals surface area (Å²) in [4.78, 5) is 11.8. The van der Waals surface area contributed by atoms with Crippen molar-refractivity contribution < 1.29 is 9.53 Å². The minimum absolute atomic E-state index is 0.166. The average Bonchev–Trinajstić information content (AvgIpc) is 2.99. The molecule has 116 valence electrons. The number of hydrogen-bond acceptors (Lipinski definition) is 3. The molecule has 1 fully saturated rings. The molecule has 2 rings (SSSR count). The summed E-state index contributed by atoms with van der Waals surface area (Å²) in [5.41, 5.74) is 2.01. The Morgan fingerprint density at radius 2 is 2.14 bits per heavy atom. The van der Waals surface area contributed by atoms with Gasteiger partial charge >= 0.3 is 6.03 Å². The lowest BCUT2D eigenvalue weighted by Gasteiger charge is -2.14. The molecule has 1 saturated heterocycles. The molecule has 0 spiro atoms. The van der Waals surface area contributed by atoms with E-state index in [9.17, 15) is 4.79 Å². The van der Waals surface area contributed by atoms with E-state index in [1.54, 1.807) is 0 Å². The van der Waals surface area contributed by atoms with Crippen molar-refractivity contribution in [1.29, 1.82) is 0 Å². The molecule has 1 heterocycles. The maximum atomic E-state index is 11.8. The molecule has 3 N–H and O–H groups in total. The van der Waals surface area contributed by atoms with Gasteiger partial charge in [-0.3, -0.25) is 0 Å². The van der Waals surface area contributed by atoms with E-state index < -0.39 is 0 Å². The lowest BCUT2D eigenvalue weighted by molar-refractivity contribution is 0.112. The van der Waals surface area contributed by atoms with Crippen LogP contribution in [0.5, 0.6) is 0 Å². The SMILES string of the molecule is CCNC(C)c1ccc(NC(=O)NCC2CCCO2)cc1. The van der Waals surface area contributed by atoms with Crippen LogP contribution < -0.4 is 16.0 Å². The Labute approximate surface area is 126 Å². The minimum Gasteiger partial charge on any atom is -0.376 e. The van der Waals surface area contributed by atoms with E-state index in [4.69, 9.17) is 4.74 Å². The second-order valence-corrected chi connectivity index (χ2v) is 5.37. The van der Waals surface area contributed by atoms with Crippen molar-refractivity contribution in [2.24, 2.45) is 0 Å². The number of carbonyl (C=O) groups excluding carboxylic acids is 1. The average molecular weight is 291 g/mol. The van der Waals surface area contributed by atoms with Gasteiger partial charge in [-0.15, -0.1) is 0 Å². The molecular formula is C16H25N3O2. The summed E-state index contributed by atoms with van der Waals surface area (Å²) >= 11 is 0. The van der Waals surface area contributed by atoms with E-state index in [1.807, 2.05) is 24.3 Å². The molecule has 0 radical (unpaired) electrons. The molecular weight excluding hydrogens is 266 g/mol. The Bertz CT molecular complexity index is 441. The van der Waals surface area contributed by atoms with Crippen LogP contribution in [-0.4, -0.2) is 31.8 Å². The van der Waals surface area contributed by atoms with Crippen LogP contribution in [0, 0.1) is 0 Å².